The lowest BCUT2D eigenvalue weighted by atomic mass is 10.1. The SMILES string of the molecule is COc1cc2c(cc1OCCCN1CCN(CCCn3c4ccccc4c4ccccc43)CC1)N=C[C@@H]1CCCN1C2=O. The van der Waals surface area contributed by atoms with Gasteiger partial charge >= 0.3 is 0 Å². The van der Waals surface area contributed by atoms with E-state index in [-0.39, 0.29) is 11.9 Å². The second-order valence-electron chi connectivity index (χ2n) is 11.9. The number of piperazine rings is 1. The molecule has 8 nitrogen and oxygen atoms in total. The molecule has 0 radical (unpaired) electrons. The molecule has 2 fully saturated rings. The first kappa shape index (κ1) is 27.9. The molecule has 8 heteroatoms. The number of rotatable bonds is 10. The molecule has 224 valence electrons. The van der Waals surface area contributed by atoms with E-state index in [1.807, 2.05) is 17.2 Å². The van der Waals surface area contributed by atoms with Gasteiger partial charge in [-0.05, 0) is 50.4 Å². The monoisotopic (exact) mass is 579 g/mol. The lowest BCUT2D eigenvalue weighted by Gasteiger charge is -2.34. The third-order valence-electron chi connectivity index (χ3n) is 9.34. The van der Waals surface area contributed by atoms with Crippen LogP contribution in [0, 0.1) is 0 Å². The number of nitrogens with zero attached hydrogens (tertiary/aromatic N) is 5. The van der Waals surface area contributed by atoms with Gasteiger partial charge in [0.2, 0.25) is 0 Å². The van der Waals surface area contributed by atoms with E-state index in [0.29, 0.717) is 29.4 Å². The first-order valence-electron chi connectivity index (χ1n) is 15.8. The van der Waals surface area contributed by atoms with Gasteiger partial charge in [0.15, 0.2) is 11.5 Å². The summed E-state index contributed by atoms with van der Waals surface area (Å²) in [5, 5.41) is 2.69. The van der Waals surface area contributed by atoms with Crippen LogP contribution in [0.15, 0.2) is 65.7 Å². The zero-order chi connectivity index (χ0) is 29.2. The summed E-state index contributed by atoms with van der Waals surface area (Å²) >= 11 is 0. The quantitative estimate of drug-likeness (QED) is 0.229. The minimum Gasteiger partial charge on any atom is -0.493 e. The molecule has 0 bridgehead atoms. The minimum atomic E-state index is 0.0331. The second-order valence-corrected chi connectivity index (χ2v) is 11.9. The Morgan fingerprint density at radius 1 is 0.814 bits per heavy atom. The largest absolute Gasteiger partial charge is 0.493 e. The third-order valence-corrected chi connectivity index (χ3v) is 9.34. The molecule has 2 saturated heterocycles. The standard InChI is InChI=1S/C35H41N5O3/c1-42-33-23-29-30(36-25-26-9-6-16-39(26)35(29)41)24-34(33)43-22-8-15-38-20-18-37(19-21-38)14-7-17-40-31-12-4-2-10-27(31)28-11-3-5-13-32(28)40/h2-5,10-13,23-26H,6-9,14-22H2,1H3/t26-/m0/s1. The number of aryl methyl sites for hydroxylation is 1. The summed E-state index contributed by atoms with van der Waals surface area (Å²) < 4.78 is 14.3. The van der Waals surface area contributed by atoms with E-state index in [2.05, 4.69) is 67.9 Å². The van der Waals surface area contributed by atoms with Crippen LogP contribution in [0.2, 0.25) is 0 Å². The van der Waals surface area contributed by atoms with Gasteiger partial charge in [-0.2, -0.15) is 0 Å². The van der Waals surface area contributed by atoms with Crippen molar-refractivity contribution in [3.8, 4) is 11.5 Å². The fourth-order valence-electron chi connectivity index (χ4n) is 7.02. The van der Waals surface area contributed by atoms with Crippen LogP contribution in [-0.4, -0.2) is 97.0 Å². The predicted molar refractivity (Wildman–Crippen MR) is 172 cm³/mol. The highest BCUT2D eigenvalue weighted by atomic mass is 16.5. The summed E-state index contributed by atoms with van der Waals surface area (Å²) in [6, 6.07) is 21.3. The molecular weight excluding hydrogens is 538 g/mol. The van der Waals surface area contributed by atoms with Gasteiger partial charge in [-0.15, -0.1) is 0 Å². The molecule has 3 aromatic carbocycles. The Bertz CT molecular complexity index is 1580. The normalized spacial score (nSPS) is 19.1. The van der Waals surface area contributed by atoms with Crippen molar-refractivity contribution >= 4 is 39.6 Å². The van der Waals surface area contributed by atoms with Crippen LogP contribution in [-0.2, 0) is 6.54 Å². The molecular formula is C35H41N5O3. The Labute approximate surface area is 253 Å². The van der Waals surface area contributed by atoms with E-state index in [9.17, 15) is 4.79 Å². The van der Waals surface area contributed by atoms with Crippen LogP contribution in [0.4, 0.5) is 5.69 Å². The van der Waals surface area contributed by atoms with Crippen LogP contribution in [0.25, 0.3) is 21.8 Å². The molecule has 0 saturated carbocycles. The van der Waals surface area contributed by atoms with Crippen LogP contribution in [0.5, 0.6) is 11.5 Å². The highest BCUT2D eigenvalue weighted by molar-refractivity contribution is 6.08. The number of methoxy groups -OCH3 is 1. The molecule has 0 unspecified atom stereocenters. The van der Waals surface area contributed by atoms with Gasteiger partial charge in [-0.3, -0.25) is 9.79 Å². The number of carbonyl (C=O) groups is 1. The summed E-state index contributed by atoms with van der Waals surface area (Å²) in [5.41, 5.74) is 3.93. The maximum Gasteiger partial charge on any atom is 0.256 e. The molecule has 3 aliphatic rings. The number of hydrogen-bond acceptors (Lipinski definition) is 6. The number of hydrogen-bond donors (Lipinski definition) is 0. The fourth-order valence-corrected chi connectivity index (χ4v) is 7.02. The Morgan fingerprint density at radius 2 is 1.49 bits per heavy atom. The van der Waals surface area contributed by atoms with E-state index in [1.165, 1.54) is 21.8 Å². The number of ether oxygens (including phenoxy) is 2. The summed E-state index contributed by atoms with van der Waals surface area (Å²) in [7, 11) is 1.63. The fraction of sp³-hybridized carbons (Fsp3) is 0.429. The highest BCUT2D eigenvalue weighted by Gasteiger charge is 2.32. The summed E-state index contributed by atoms with van der Waals surface area (Å²) in [4.78, 5) is 24.8. The minimum absolute atomic E-state index is 0.0331. The molecule has 0 N–H and O–H groups in total. The van der Waals surface area contributed by atoms with Gasteiger partial charge in [0.05, 0.1) is 31.0 Å². The lowest BCUT2D eigenvalue weighted by molar-refractivity contribution is 0.0774. The first-order chi connectivity index (χ1) is 21.2. The lowest BCUT2D eigenvalue weighted by Crippen LogP contribution is -2.47. The summed E-state index contributed by atoms with van der Waals surface area (Å²) in [6.07, 6.45) is 5.99. The van der Waals surface area contributed by atoms with Gasteiger partial charge in [0, 0.05) is 79.9 Å². The van der Waals surface area contributed by atoms with Crippen molar-refractivity contribution in [1.29, 1.82) is 0 Å². The van der Waals surface area contributed by atoms with Crippen molar-refractivity contribution in [2.45, 2.75) is 38.3 Å². The molecule has 43 heavy (non-hydrogen) atoms. The summed E-state index contributed by atoms with van der Waals surface area (Å²) in [6.45, 7) is 8.95. The molecule has 4 aromatic rings. The Balaban J connectivity index is 0.872. The Kier molecular flexibility index (Phi) is 8.04. The number of aromatic nitrogens is 1. The highest BCUT2D eigenvalue weighted by Crippen LogP contribution is 2.38. The average molecular weight is 580 g/mol. The van der Waals surface area contributed by atoms with E-state index < -0.39 is 0 Å². The van der Waals surface area contributed by atoms with Gasteiger partial charge in [0.1, 0.15) is 0 Å². The van der Waals surface area contributed by atoms with Gasteiger partial charge < -0.3 is 28.7 Å². The van der Waals surface area contributed by atoms with Crippen molar-refractivity contribution < 1.29 is 14.3 Å². The molecule has 1 amide bonds. The Hall–Kier alpha value is -3.88. The number of aliphatic imine (C=N–C) groups is 1. The van der Waals surface area contributed by atoms with Crippen molar-refractivity contribution in [3.05, 3.63) is 66.2 Å². The van der Waals surface area contributed by atoms with Crippen LogP contribution in [0.3, 0.4) is 0 Å². The predicted octanol–water partition coefficient (Wildman–Crippen LogP) is 5.60. The third kappa shape index (κ3) is 5.61. The van der Waals surface area contributed by atoms with Crippen LogP contribution >= 0.6 is 0 Å². The molecule has 4 heterocycles. The van der Waals surface area contributed by atoms with Crippen molar-refractivity contribution in [3.63, 3.8) is 0 Å². The first-order valence-corrected chi connectivity index (χ1v) is 15.8. The number of fused-ring (bicyclic) bond motifs is 5. The second kappa shape index (κ2) is 12.4. The van der Waals surface area contributed by atoms with Gasteiger partial charge in [-0.25, -0.2) is 0 Å². The van der Waals surface area contributed by atoms with Crippen LogP contribution < -0.4 is 9.47 Å². The van der Waals surface area contributed by atoms with E-state index in [0.717, 1.165) is 78.0 Å². The van der Waals surface area contributed by atoms with Gasteiger partial charge in [-0.1, -0.05) is 36.4 Å². The average Bonchev–Trinajstić information content (AvgIpc) is 3.62. The molecule has 0 spiro atoms. The maximum atomic E-state index is 13.1. The van der Waals surface area contributed by atoms with Crippen molar-refractivity contribution in [1.82, 2.24) is 19.3 Å². The van der Waals surface area contributed by atoms with Crippen LogP contribution in [0.1, 0.15) is 36.0 Å². The van der Waals surface area contributed by atoms with Gasteiger partial charge in [0.25, 0.3) is 5.91 Å². The molecule has 3 aliphatic heterocycles. The van der Waals surface area contributed by atoms with Crippen molar-refractivity contribution in [2.75, 3.05) is 59.5 Å². The van der Waals surface area contributed by atoms with E-state index >= 15 is 0 Å². The van der Waals surface area contributed by atoms with E-state index in [4.69, 9.17) is 9.47 Å². The summed E-state index contributed by atoms with van der Waals surface area (Å²) in [5.74, 6) is 1.28. The molecule has 0 aliphatic carbocycles. The zero-order valence-electron chi connectivity index (χ0n) is 25.1. The number of benzene rings is 3. The molecule has 1 aromatic heterocycles. The molecule has 1 atom stereocenters. The number of amides is 1. The number of carbonyl (C=O) groups excluding carboxylic acids is 1. The van der Waals surface area contributed by atoms with E-state index in [1.54, 1.807) is 13.2 Å². The number of para-hydroxylation sites is 2. The smallest absolute Gasteiger partial charge is 0.256 e. The molecule has 7 rings (SSSR count). The maximum absolute atomic E-state index is 13.1. The Morgan fingerprint density at radius 3 is 2.19 bits per heavy atom. The van der Waals surface area contributed by atoms with Crippen molar-refractivity contribution in [2.24, 2.45) is 4.99 Å². The topological polar surface area (TPSA) is 62.5 Å². The zero-order valence-corrected chi connectivity index (χ0v) is 25.1.